The first-order valence-electron chi connectivity index (χ1n) is 8.82. The number of alkyl halides is 3. The lowest BCUT2D eigenvalue weighted by Crippen LogP contribution is -2.47. The van der Waals surface area contributed by atoms with Gasteiger partial charge in [0.1, 0.15) is 0 Å². The molecule has 1 aliphatic heterocycles. The Morgan fingerprint density at radius 1 is 1.37 bits per heavy atom. The molecule has 1 aliphatic carbocycles. The molecule has 1 saturated heterocycles. The van der Waals surface area contributed by atoms with E-state index in [0.717, 1.165) is 24.4 Å². The molecule has 2 fully saturated rings. The van der Waals surface area contributed by atoms with Crippen LogP contribution in [-0.2, 0) is 5.41 Å². The number of aliphatic imine (C=N–C) groups is 1. The maximum atomic E-state index is 12.5. The third kappa shape index (κ3) is 6.39. The fourth-order valence-corrected chi connectivity index (χ4v) is 3.72. The van der Waals surface area contributed by atoms with Crippen molar-refractivity contribution < 1.29 is 13.2 Å². The molecule has 27 heavy (non-hydrogen) atoms. The van der Waals surface area contributed by atoms with E-state index < -0.39 is 12.7 Å². The Labute approximate surface area is 179 Å². The molecule has 1 heterocycles. The summed E-state index contributed by atoms with van der Waals surface area (Å²) in [6.45, 7) is 0.696. The van der Waals surface area contributed by atoms with Crippen LogP contribution < -0.4 is 10.6 Å². The van der Waals surface area contributed by atoms with Crippen LogP contribution in [0.4, 0.5) is 13.2 Å². The lowest BCUT2D eigenvalue weighted by molar-refractivity contribution is -0.143. The van der Waals surface area contributed by atoms with Gasteiger partial charge in [0.25, 0.3) is 0 Å². The van der Waals surface area contributed by atoms with Crippen molar-refractivity contribution in [3.05, 3.63) is 34.9 Å². The molecule has 0 aromatic heterocycles. The summed E-state index contributed by atoms with van der Waals surface area (Å²) in [4.78, 5) is 5.65. The summed E-state index contributed by atoms with van der Waals surface area (Å²) in [6.07, 6.45) is -1.30. The first-order valence-corrected chi connectivity index (χ1v) is 9.20. The van der Waals surface area contributed by atoms with Crippen molar-refractivity contribution in [2.24, 2.45) is 4.99 Å². The van der Waals surface area contributed by atoms with E-state index in [9.17, 15) is 13.2 Å². The SMILES string of the molecule is CN=C(NCC1(c2cccc(Cl)c2)CC1)NC1CCN(CC(F)(F)F)C1.I. The zero-order valence-electron chi connectivity index (χ0n) is 15.2. The number of rotatable bonds is 5. The van der Waals surface area contributed by atoms with Gasteiger partial charge in [0, 0.05) is 43.2 Å². The highest BCUT2D eigenvalue weighted by Crippen LogP contribution is 2.48. The molecule has 1 saturated carbocycles. The van der Waals surface area contributed by atoms with E-state index >= 15 is 0 Å². The normalized spacial score (nSPS) is 22.3. The van der Waals surface area contributed by atoms with E-state index in [-0.39, 0.29) is 35.4 Å². The third-order valence-corrected chi connectivity index (χ3v) is 5.36. The summed E-state index contributed by atoms with van der Waals surface area (Å²) in [5.41, 5.74) is 1.28. The van der Waals surface area contributed by atoms with Crippen molar-refractivity contribution in [3.63, 3.8) is 0 Å². The van der Waals surface area contributed by atoms with Crippen LogP contribution in [0.1, 0.15) is 24.8 Å². The van der Waals surface area contributed by atoms with Gasteiger partial charge in [0.15, 0.2) is 5.96 Å². The molecule has 0 spiro atoms. The average molecular weight is 517 g/mol. The molecule has 2 aliphatic rings. The van der Waals surface area contributed by atoms with Gasteiger partial charge in [-0.15, -0.1) is 24.0 Å². The van der Waals surface area contributed by atoms with Gasteiger partial charge < -0.3 is 10.6 Å². The van der Waals surface area contributed by atoms with Gasteiger partial charge in [0.05, 0.1) is 6.54 Å². The molecule has 4 nitrogen and oxygen atoms in total. The van der Waals surface area contributed by atoms with E-state index in [1.807, 2.05) is 18.2 Å². The summed E-state index contributed by atoms with van der Waals surface area (Å²) < 4.78 is 37.5. The highest BCUT2D eigenvalue weighted by Gasteiger charge is 2.44. The number of nitrogens with one attached hydrogen (secondary N) is 2. The summed E-state index contributed by atoms with van der Waals surface area (Å²) in [7, 11) is 1.68. The lowest BCUT2D eigenvalue weighted by atomic mass is 9.96. The van der Waals surface area contributed by atoms with Crippen LogP contribution in [0.2, 0.25) is 5.02 Å². The highest BCUT2D eigenvalue weighted by atomic mass is 127. The van der Waals surface area contributed by atoms with Crippen LogP contribution in [0.5, 0.6) is 0 Å². The van der Waals surface area contributed by atoms with Gasteiger partial charge in [-0.1, -0.05) is 23.7 Å². The minimum atomic E-state index is -4.15. The third-order valence-electron chi connectivity index (χ3n) is 5.12. The molecule has 1 aromatic carbocycles. The predicted molar refractivity (Wildman–Crippen MR) is 113 cm³/mol. The van der Waals surface area contributed by atoms with E-state index in [4.69, 9.17) is 11.6 Å². The minimum Gasteiger partial charge on any atom is -0.356 e. The Balaban J connectivity index is 0.00000261. The zero-order valence-corrected chi connectivity index (χ0v) is 18.2. The summed E-state index contributed by atoms with van der Waals surface area (Å²) in [5.74, 6) is 0.636. The molecule has 1 aromatic rings. The second-order valence-electron chi connectivity index (χ2n) is 7.20. The fourth-order valence-electron chi connectivity index (χ4n) is 3.53. The van der Waals surface area contributed by atoms with Crippen molar-refractivity contribution in [2.45, 2.75) is 36.9 Å². The van der Waals surface area contributed by atoms with Crippen LogP contribution in [0.25, 0.3) is 0 Å². The molecule has 152 valence electrons. The highest BCUT2D eigenvalue weighted by molar-refractivity contribution is 14.0. The molecule has 0 radical (unpaired) electrons. The number of hydrogen-bond donors (Lipinski definition) is 2. The number of guanidine groups is 1. The summed E-state index contributed by atoms with van der Waals surface area (Å²) in [6, 6.07) is 7.88. The van der Waals surface area contributed by atoms with Crippen LogP contribution >= 0.6 is 35.6 Å². The van der Waals surface area contributed by atoms with Crippen molar-refractivity contribution in [2.75, 3.05) is 33.2 Å². The quantitative estimate of drug-likeness (QED) is 0.355. The number of nitrogens with zero attached hydrogens (tertiary/aromatic N) is 2. The van der Waals surface area contributed by atoms with Crippen LogP contribution in [0.3, 0.4) is 0 Å². The van der Waals surface area contributed by atoms with E-state index in [2.05, 4.69) is 21.7 Å². The first kappa shape index (κ1) is 22.5. The average Bonchev–Trinajstić information content (AvgIpc) is 3.25. The van der Waals surface area contributed by atoms with Crippen molar-refractivity contribution >= 4 is 41.5 Å². The smallest absolute Gasteiger partial charge is 0.356 e. The van der Waals surface area contributed by atoms with Gasteiger partial charge >= 0.3 is 6.18 Å². The number of halogens is 5. The van der Waals surface area contributed by atoms with Crippen LogP contribution in [-0.4, -0.2) is 56.3 Å². The molecule has 1 atom stereocenters. The monoisotopic (exact) mass is 516 g/mol. The lowest BCUT2D eigenvalue weighted by Gasteiger charge is -2.22. The van der Waals surface area contributed by atoms with Crippen LogP contribution in [0, 0.1) is 0 Å². The van der Waals surface area contributed by atoms with Gasteiger partial charge in [-0.3, -0.25) is 9.89 Å². The molecule has 9 heteroatoms. The van der Waals surface area contributed by atoms with E-state index in [1.165, 1.54) is 10.5 Å². The predicted octanol–water partition coefficient (Wildman–Crippen LogP) is 3.79. The topological polar surface area (TPSA) is 39.7 Å². The Kier molecular flexibility index (Phi) is 7.66. The molecule has 2 N–H and O–H groups in total. The standard InChI is InChI=1S/C18H24ClF3N4.HI/c1-23-16(25-15-5-8-26(10-15)12-18(20,21)22)24-11-17(6-7-17)13-3-2-4-14(19)9-13;/h2-4,9,15H,5-8,10-12H2,1H3,(H2,23,24,25);1H. The van der Waals surface area contributed by atoms with E-state index in [1.54, 1.807) is 7.05 Å². The van der Waals surface area contributed by atoms with Crippen molar-refractivity contribution in [3.8, 4) is 0 Å². The number of likely N-dealkylation sites (tertiary alicyclic amines) is 1. The molecular weight excluding hydrogens is 492 g/mol. The second-order valence-corrected chi connectivity index (χ2v) is 7.63. The van der Waals surface area contributed by atoms with Gasteiger partial charge in [0.2, 0.25) is 0 Å². The summed E-state index contributed by atoms with van der Waals surface area (Å²) >= 11 is 6.10. The number of benzene rings is 1. The minimum absolute atomic E-state index is 0. The number of hydrogen-bond acceptors (Lipinski definition) is 2. The Bertz CT molecular complexity index is 664. The summed E-state index contributed by atoms with van der Waals surface area (Å²) in [5, 5.41) is 7.31. The van der Waals surface area contributed by atoms with Crippen LogP contribution in [0.15, 0.2) is 29.3 Å². The van der Waals surface area contributed by atoms with Gasteiger partial charge in [-0.2, -0.15) is 13.2 Å². The van der Waals surface area contributed by atoms with Crippen molar-refractivity contribution in [1.29, 1.82) is 0 Å². The van der Waals surface area contributed by atoms with Gasteiger partial charge in [-0.25, -0.2) is 0 Å². The second kappa shape index (κ2) is 9.17. The Morgan fingerprint density at radius 3 is 2.70 bits per heavy atom. The fraction of sp³-hybridized carbons (Fsp3) is 0.611. The molecule has 0 amide bonds. The zero-order chi connectivity index (χ0) is 18.8. The maximum Gasteiger partial charge on any atom is 0.401 e. The first-order chi connectivity index (χ1) is 12.3. The Morgan fingerprint density at radius 2 is 2.11 bits per heavy atom. The van der Waals surface area contributed by atoms with Crippen molar-refractivity contribution in [1.82, 2.24) is 15.5 Å². The molecule has 3 rings (SSSR count). The molecular formula is C18H25ClF3IN4. The van der Waals surface area contributed by atoms with E-state index in [0.29, 0.717) is 25.5 Å². The Hall–Kier alpha value is -0.740. The maximum absolute atomic E-state index is 12.5. The largest absolute Gasteiger partial charge is 0.401 e. The van der Waals surface area contributed by atoms with Gasteiger partial charge in [-0.05, 0) is 37.0 Å². The molecule has 1 unspecified atom stereocenters. The molecule has 0 bridgehead atoms.